The van der Waals surface area contributed by atoms with Crippen LogP contribution in [0.2, 0.25) is 0 Å². The van der Waals surface area contributed by atoms with Crippen LogP contribution in [0.4, 0.5) is 10.8 Å². The van der Waals surface area contributed by atoms with Crippen LogP contribution in [-0.2, 0) is 20.8 Å². The van der Waals surface area contributed by atoms with E-state index in [9.17, 15) is 9.59 Å². The average Bonchev–Trinajstić information content (AvgIpc) is 3.45. The standard InChI is InChI=1S/C24H31N5O3S2/c1-24(2,3)18-14-26-21(32-18)16-33-22-15-27-23(34-22)29-20(31)11-7-5-4-6-10-19(30)28-17-9-8-12-25-13-17/h8-9,12-15H,4-7,10-11,16H2,1-3H3,(H,28,30)(H,27,29,31). The number of anilines is 2. The summed E-state index contributed by atoms with van der Waals surface area (Å²) in [6.07, 6.45) is 11.1. The second-order valence-corrected chi connectivity index (χ2v) is 11.2. The van der Waals surface area contributed by atoms with Crippen molar-refractivity contribution in [1.82, 2.24) is 15.0 Å². The van der Waals surface area contributed by atoms with Crippen molar-refractivity contribution in [2.75, 3.05) is 10.6 Å². The van der Waals surface area contributed by atoms with Crippen LogP contribution >= 0.6 is 23.1 Å². The molecule has 34 heavy (non-hydrogen) atoms. The molecular weight excluding hydrogens is 470 g/mol. The summed E-state index contributed by atoms with van der Waals surface area (Å²) in [5, 5.41) is 6.29. The van der Waals surface area contributed by atoms with Crippen LogP contribution < -0.4 is 10.6 Å². The molecule has 0 saturated heterocycles. The molecule has 0 bridgehead atoms. The fourth-order valence-electron chi connectivity index (χ4n) is 3.01. The van der Waals surface area contributed by atoms with Gasteiger partial charge in [-0.3, -0.25) is 14.6 Å². The Hall–Kier alpha value is -2.72. The highest BCUT2D eigenvalue weighted by molar-refractivity contribution is 8.00. The lowest BCUT2D eigenvalue weighted by atomic mass is 9.94. The number of nitrogens with one attached hydrogen (secondary N) is 2. The molecule has 3 rings (SSSR count). The van der Waals surface area contributed by atoms with Gasteiger partial charge in [0.1, 0.15) is 5.76 Å². The Morgan fingerprint density at radius 3 is 2.38 bits per heavy atom. The van der Waals surface area contributed by atoms with Crippen LogP contribution in [0.5, 0.6) is 0 Å². The molecule has 0 aliphatic heterocycles. The maximum atomic E-state index is 12.2. The smallest absolute Gasteiger partial charge is 0.226 e. The first-order chi connectivity index (χ1) is 16.3. The molecular formula is C24H31N5O3S2. The van der Waals surface area contributed by atoms with Crippen molar-refractivity contribution in [2.45, 2.75) is 74.7 Å². The Balaban J connectivity index is 1.27. The molecule has 3 heterocycles. The monoisotopic (exact) mass is 501 g/mol. The Kier molecular flexibility index (Phi) is 9.64. The number of thiazole rings is 1. The third kappa shape index (κ3) is 8.90. The summed E-state index contributed by atoms with van der Waals surface area (Å²) in [5.41, 5.74) is 0.646. The molecule has 0 aromatic carbocycles. The van der Waals surface area contributed by atoms with E-state index in [1.165, 1.54) is 11.3 Å². The van der Waals surface area contributed by atoms with E-state index in [4.69, 9.17) is 4.42 Å². The topological polar surface area (TPSA) is 110 Å². The van der Waals surface area contributed by atoms with Crippen LogP contribution in [-0.4, -0.2) is 26.8 Å². The minimum atomic E-state index is -0.0627. The lowest BCUT2D eigenvalue weighted by Crippen LogP contribution is -2.11. The zero-order chi connectivity index (χ0) is 24.4. The van der Waals surface area contributed by atoms with E-state index in [2.05, 4.69) is 46.4 Å². The van der Waals surface area contributed by atoms with E-state index in [0.29, 0.717) is 35.3 Å². The van der Waals surface area contributed by atoms with Gasteiger partial charge in [0.25, 0.3) is 0 Å². The van der Waals surface area contributed by atoms with Crippen LogP contribution in [0.1, 0.15) is 70.9 Å². The Bertz CT molecular complexity index is 1060. The largest absolute Gasteiger partial charge is 0.444 e. The Morgan fingerprint density at radius 2 is 1.74 bits per heavy atom. The molecule has 0 atom stereocenters. The number of unbranched alkanes of at least 4 members (excludes halogenated alkanes) is 3. The van der Waals surface area contributed by atoms with Gasteiger partial charge >= 0.3 is 0 Å². The summed E-state index contributed by atoms with van der Waals surface area (Å²) >= 11 is 3.03. The van der Waals surface area contributed by atoms with Gasteiger partial charge in [-0.05, 0) is 25.0 Å². The molecule has 0 saturated carbocycles. The van der Waals surface area contributed by atoms with Gasteiger partial charge in [-0.25, -0.2) is 9.97 Å². The summed E-state index contributed by atoms with van der Waals surface area (Å²) in [7, 11) is 0. The van der Waals surface area contributed by atoms with Gasteiger partial charge in [0, 0.05) is 24.5 Å². The van der Waals surface area contributed by atoms with Gasteiger partial charge in [-0.2, -0.15) is 0 Å². The third-order valence-corrected chi connectivity index (χ3v) is 6.96. The van der Waals surface area contributed by atoms with E-state index in [1.807, 2.05) is 6.07 Å². The van der Waals surface area contributed by atoms with E-state index in [-0.39, 0.29) is 17.2 Å². The number of thioether (sulfide) groups is 1. The highest BCUT2D eigenvalue weighted by Crippen LogP contribution is 2.31. The molecule has 2 amide bonds. The number of pyridine rings is 1. The lowest BCUT2D eigenvalue weighted by Gasteiger charge is -2.12. The fourth-order valence-corrected chi connectivity index (χ4v) is 4.75. The molecule has 2 N–H and O–H groups in total. The molecule has 0 aliphatic carbocycles. The zero-order valence-electron chi connectivity index (χ0n) is 19.8. The van der Waals surface area contributed by atoms with E-state index in [0.717, 1.165) is 35.7 Å². The number of carbonyl (C=O) groups is 2. The van der Waals surface area contributed by atoms with Crippen molar-refractivity contribution < 1.29 is 14.0 Å². The first kappa shape index (κ1) is 25.9. The van der Waals surface area contributed by atoms with Crippen LogP contribution in [0, 0.1) is 0 Å². The summed E-state index contributed by atoms with van der Waals surface area (Å²) < 4.78 is 6.81. The van der Waals surface area contributed by atoms with E-state index < -0.39 is 0 Å². The predicted octanol–water partition coefficient (Wildman–Crippen LogP) is 6.03. The Labute approximate surface area is 208 Å². The molecule has 0 aliphatic rings. The summed E-state index contributed by atoms with van der Waals surface area (Å²) in [6.45, 7) is 6.27. The number of hydrogen-bond acceptors (Lipinski definition) is 8. The zero-order valence-corrected chi connectivity index (χ0v) is 21.4. The molecule has 182 valence electrons. The van der Waals surface area contributed by atoms with Crippen molar-refractivity contribution in [3.63, 3.8) is 0 Å². The van der Waals surface area contributed by atoms with Gasteiger partial charge in [0.2, 0.25) is 17.7 Å². The van der Waals surface area contributed by atoms with Crippen molar-refractivity contribution in [3.8, 4) is 0 Å². The minimum absolute atomic E-state index is 0.0133. The van der Waals surface area contributed by atoms with Crippen molar-refractivity contribution in [2.24, 2.45) is 0 Å². The summed E-state index contributed by atoms with van der Waals surface area (Å²) in [6, 6.07) is 3.60. The van der Waals surface area contributed by atoms with E-state index >= 15 is 0 Å². The number of amides is 2. The van der Waals surface area contributed by atoms with Gasteiger partial charge in [0.15, 0.2) is 5.13 Å². The number of rotatable bonds is 12. The molecule has 10 heteroatoms. The van der Waals surface area contributed by atoms with Crippen molar-refractivity contribution in [3.05, 3.63) is 48.6 Å². The second-order valence-electron chi connectivity index (χ2n) is 8.89. The minimum Gasteiger partial charge on any atom is -0.444 e. The van der Waals surface area contributed by atoms with Gasteiger partial charge in [-0.1, -0.05) is 44.9 Å². The van der Waals surface area contributed by atoms with E-state index in [1.54, 1.807) is 42.6 Å². The SMILES string of the molecule is CC(C)(C)c1cnc(CSc2cnc(NC(=O)CCCCCCC(=O)Nc3cccnc3)s2)o1. The maximum absolute atomic E-state index is 12.2. The van der Waals surface area contributed by atoms with Crippen LogP contribution in [0.3, 0.4) is 0 Å². The van der Waals surface area contributed by atoms with Crippen molar-refractivity contribution in [1.29, 1.82) is 0 Å². The normalized spacial score (nSPS) is 11.4. The number of carbonyl (C=O) groups excluding carboxylic acids is 2. The number of nitrogens with zero attached hydrogens (tertiary/aromatic N) is 3. The fraction of sp³-hybridized carbons (Fsp3) is 0.458. The van der Waals surface area contributed by atoms with Crippen LogP contribution in [0.15, 0.2) is 45.5 Å². The molecule has 0 fully saturated rings. The Morgan fingerprint density at radius 1 is 1.00 bits per heavy atom. The van der Waals surface area contributed by atoms with Crippen LogP contribution in [0.25, 0.3) is 0 Å². The molecule has 0 unspecified atom stereocenters. The second kappa shape index (κ2) is 12.7. The molecule has 0 spiro atoms. The third-order valence-electron chi connectivity index (χ3n) is 4.86. The molecule has 3 aromatic rings. The lowest BCUT2D eigenvalue weighted by molar-refractivity contribution is -0.117. The van der Waals surface area contributed by atoms with Crippen molar-refractivity contribution >= 4 is 45.7 Å². The quantitative estimate of drug-likeness (QED) is 0.230. The molecule has 0 radical (unpaired) electrons. The van der Waals surface area contributed by atoms with Gasteiger partial charge in [-0.15, -0.1) is 11.8 Å². The number of oxazole rings is 1. The molecule has 3 aromatic heterocycles. The summed E-state index contributed by atoms with van der Waals surface area (Å²) in [4.78, 5) is 36.7. The first-order valence-corrected chi connectivity index (χ1v) is 13.1. The maximum Gasteiger partial charge on any atom is 0.226 e. The average molecular weight is 502 g/mol. The highest BCUT2D eigenvalue weighted by Gasteiger charge is 2.19. The van der Waals surface area contributed by atoms with Gasteiger partial charge in [0.05, 0.1) is 34.2 Å². The number of hydrogen-bond donors (Lipinski definition) is 2. The van der Waals surface area contributed by atoms with Gasteiger partial charge < -0.3 is 15.1 Å². The number of aromatic nitrogens is 3. The highest BCUT2D eigenvalue weighted by atomic mass is 32.2. The summed E-state index contributed by atoms with van der Waals surface area (Å²) in [5.74, 6) is 2.12. The molecule has 8 nitrogen and oxygen atoms in total. The predicted molar refractivity (Wildman–Crippen MR) is 136 cm³/mol. The first-order valence-electron chi connectivity index (χ1n) is 11.3.